The minimum absolute atomic E-state index is 0.616. The highest BCUT2D eigenvalue weighted by molar-refractivity contribution is 6.11. The molecule has 3 heterocycles. The number of hydrogen-bond acceptors (Lipinski definition) is 5. The fourth-order valence-electron chi connectivity index (χ4n) is 6.55. The van der Waals surface area contributed by atoms with E-state index in [-0.39, 0.29) is 0 Å². The van der Waals surface area contributed by atoms with Gasteiger partial charge in [-0.3, -0.25) is 4.98 Å². The van der Waals surface area contributed by atoms with Crippen molar-refractivity contribution in [2.45, 2.75) is 0 Å². The van der Waals surface area contributed by atoms with Crippen LogP contribution in [-0.4, -0.2) is 24.5 Å². The Hall–Kier alpha value is -6.97. The Balaban J connectivity index is 1.16. The van der Waals surface area contributed by atoms with Crippen LogP contribution in [0.4, 0.5) is 0 Å². The number of nitrogens with zero attached hydrogens (tertiary/aromatic N) is 6. The van der Waals surface area contributed by atoms with E-state index in [4.69, 9.17) is 19.9 Å². The van der Waals surface area contributed by atoms with E-state index in [1.165, 1.54) is 0 Å². The number of pyridine rings is 1. The molecule has 0 saturated carbocycles. The Morgan fingerprint density at radius 1 is 0.469 bits per heavy atom. The number of hydrogen-bond donors (Lipinski definition) is 0. The molecule has 6 nitrogen and oxygen atoms in total. The van der Waals surface area contributed by atoms with Crippen LogP contribution in [0.25, 0.3) is 83.7 Å². The molecule has 0 aliphatic carbocycles. The van der Waals surface area contributed by atoms with Gasteiger partial charge in [-0.2, -0.15) is 5.26 Å². The normalized spacial score (nSPS) is 11.2. The molecule has 0 N–H and O–H groups in total. The number of fused-ring (bicyclic) bond motifs is 4. The summed E-state index contributed by atoms with van der Waals surface area (Å²) < 4.78 is 2.25. The first-order chi connectivity index (χ1) is 24.2. The smallest absolute Gasteiger partial charge is 0.164 e. The Kier molecular flexibility index (Phi) is 6.74. The van der Waals surface area contributed by atoms with E-state index in [0.29, 0.717) is 23.0 Å². The van der Waals surface area contributed by atoms with Crippen LogP contribution in [0.2, 0.25) is 0 Å². The van der Waals surface area contributed by atoms with Crippen molar-refractivity contribution in [1.29, 1.82) is 5.26 Å². The second kappa shape index (κ2) is 11.7. The van der Waals surface area contributed by atoms with Gasteiger partial charge in [-0.25, -0.2) is 15.0 Å². The SMILES string of the molecule is N#Cc1ccc2c(c1)c1cc(-c3ccc(-c4nc(-c5ccccc5)nc(-c5ccccc5)n4)cc3)ccc1n2-c1cccc2cccnc12. The molecule has 9 aromatic rings. The molecule has 0 fully saturated rings. The number of rotatable bonds is 5. The molecule has 3 aromatic heterocycles. The first-order valence-electron chi connectivity index (χ1n) is 16.0. The second-order valence-corrected chi connectivity index (χ2v) is 11.9. The van der Waals surface area contributed by atoms with Crippen LogP contribution in [0.15, 0.2) is 158 Å². The molecule has 0 aliphatic heterocycles. The minimum Gasteiger partial charge on any atom is -0.307 e. The molecule has 0 radical (unpaired) electrons. The zero-order valence-corrected chi connectivity index (χ0v) is 26.2. The molecule has 6 heteroatoms. The molecular weight excluding hydrogens is 601 g/mol. The van der Waals surface area contributed by atoms with Crippen molar-refractivity contribution in [3.63, 3.8) is 0 Å². The molecule has 0 aliphatic rings. The van der Waals surface area contributed by atoms with E-state index in [1.54, 1.807) is 0 Å². The summed E-state index contributed by atoms with van der Waals surface area (Å²) in [7, 11) is 0. The quantitative estimate of drug-likeness (QED) is 0.190. The molecular formula is C43H26N6. The molecule has 6 aromatic carbocycles. The van der Waals surface area contributed by atoms with Crippen LogP contribution in [-0.2, 0) is 0 Å². The lowest BCUT2D eigenvalue weighted by molar-refractivity contribution is 1.07. The van der Waals surface area contributed by atoms with Crippen molar-refractivity contribution < 1.29 is 0 Å². The lowest BCUT2D eigenvalue weighted by atomic mass is 10.0. The van der Waals surface area contributed by atoms with E-state index >= 15 is 0 Å². The highest BCUT2D eigenvalue weighted by Gasteiger charge is 2.17. The van der Waals surface area contributed by atoms with Gasteiger partial charge < -0.3 is 4.57 Å². The highest BCUT2D eigenvalue weighted by atomic mass is 15.0. The average molecular weight is 627 g/mol. The predicted octanol–water partition coefficient (Wildman–Crippen LogP) is 10.1. The third-order valence-corrected chi connectivity index (χ3v) is 8.92. The van der Waals surface area contributed by atoms with Crippen LogP contribution in [0.5, 0.6) is 0 Å². The zero-order chi connectivity index (χ0) is 32.7. The van der Waals surface area contributed by atoms with Gasteiger partial charge in [-0.1, -0.05) is 109 Å². The fraction of sp³-hybridized carbons (Fsp3) is 0. The van der Waals surface area contributed by atoms with Crippen LogP contribution in [0, 0.1) is 11.3 Å². The van der Waals surface area contributed by atoms with Gasteiger partial charge in [0.05, 0.1) is 33.9 Å². The van der Waals surface area contributed by atoms with Crippen molar-refractivity contribution in [1.82, 2.24) is 24.5 Å². The van der Waals surface area contributed by atoms with Crippen LogP contribution >= 0.6 is 0 Å². The van der Waals surface area contributed by atoms with Gasteiger partial charge in [-0.15, -0.1) is 0 Å². The lowest BCUT2D eigenvalue weighted by Gasteiger charge is -2.11. The monoisotopic (exact) mass is 626 g/mol. The summed E-state index contributed by atoms with van der Waals surface area (Å²) in [4.78, 5) is 19.3. The van der Waals surface area contributed by atoms with E-state index in [0.717, 1.165) is 66.2 Å². The van der Waals surface area contributed by atoms with Gasteiger partial charge in [0.15, 0.2) is 17.5 Å². The molecule has 0 amide bonds. The molecule has 0 unspecified atom stereocenters. The van der Waals surface area contributed by atoms with Crippen LogP contribution < -0.4 is 0 Å². The molecule has 49 heavy (non-hydrogen) atoms. The lowest BCUT2D eigenvalue weighted by Crippen LogP contribution is -2.00. The molecule has 9 rings (SSSR count). The molecule has 0 atom stereocenters. The Morgan fingerprint density at radius 2 is 1.02 bits per heavy atom. The number of para-hydroxylation sites is 1. The van der Waals surface area contributed by atoms with Gasteiger partial charge in [0.1, 0.15) is 0 Å². The van der Waals surface area contributed by atoms with Gasteiger partial charge >= 0.3 is 0 Å². The maximum atomic E-state index is 9.77. The topological polar surface area (TPSA) is 80.3 Å². The van der Waals surface area contributed by atoms with Gasteiger partial charge in [0.25, 0.3) is 0 Å². The minimum atomic E-state index is 0.616. The van der Waals surface area contributed by atoms with Crippen molar-refractivity contribution in [3.05, 3.63) is 163 Å². The third-order valence-electron chi connectivity index (χ3n) is 8.92. The van der Waals surface area contributed by atoms with E-state index in [9.17, 15) is 5.26 Å². The van der Waals surface area contributed by atoms with Gasteiger partial charge in [-0.05, 0) is 53.6 Å². The van der Waals surface area contributed by atoms with Gasteiger partial charge in [0, 0.05) is 39.0 Å². The van der Waals surface area contributed by atoms with Crippen molar-refractivity contribution in [3.8, 4) is 57.0 Å². The second-order valence-electron chi connectivity index (χ2n) is 11.9. The molecule has 228 valence electrons. The first kappa shape index (κ1) is 28.3. The summed E-state index contributed by atoms with van der Waals surface area (Å²) in [6, 6.07) is 53.4. The van der Waals surface area contributed by atoms with Crippen LogP contribution in [0.3, 0.4) is 0 Å². The number of nitriles is 1. The first-order valence-corrected chi connectivity index (χ1v) is 16.0. The van der Waals surface area contributed by atoms with Crippen molar-refractivity contribution in [2.75, 3.05) is 0 Å². The van der Waals surface area contributed by atoms with Gasteiger partial charge in [0.2, 0.25) is 0 Å². The largest absolute Gasteiger partial charge is 0.307 e. The summed E-state index contributed by atoms with van der Waals surface area (Å²) in [6.45, 7) is 0. The Morgan fingerprint density at radius 3 is 1.67 bits per heavy atom. The number of benzene rings is 6. The highest BCUT2D eigenvalue weighted by Crippen LogP contribution is 2.37. The predicted molar refractivity (Wildman–Crippen MR) is 196 cm³/mol. The molecule has 0 spiro atoms. The van der Waals surface area contributed by atoms with E-state index in [2.05, 4.69) is 77.4 Å². The standard InChI is InChI=1S/C43H26N6/c44-27-28-16-22-37-35(25-28)36-26-34(21-23-38(36)49(37)39-15-7-13-30-14-8-24-45-40(30)39)29-17-19-33(20-18-29)43-47-41(31-9-3-1-4-10-31)46-42(48-43)32-11-5-2-6-12-32/h1-26H. The third kappa shape index (κ3) is 4.98. The fourth-order valence-corrected chi connectivity index (χ4v) is 6.55. The summed E-state index contributed by atoms with van der Waals surface area (Å²) in [5.41, 5.74) is 9.54. The van der Waals surface area contributed by atoms with Crippen molar-refractivity contribution >= 4 is 32.7 Å². The number of aromatic nitrogens is 5. The van der Waals surface area contributed by atoms with E-state index in [1.807, 2.05) is 91.1 Å². The Labute approximate surface area is 282 Å². The maximum Gasteiger partial charge on any atom is 0.164 e. The summed E-state index contributed by atoms with van der Waals surface area (Å²) in [6.07, 6.45) is 1.83. The zero-order valence-electron chi connectivity index (χ0n) is 26.2. The summed E-state index contributed by atoms with van der Waals surface area (Å²) in [5, 5.41) is 12.9. The molecule has 0 saturated heterocycles. The average Bonchev–Trinajstić information content (AvgIpc) is 3.51. The van der Waals surface area contributed by atoms with Crippen molar-refractivity contribution in [2.24, 2.45) is 0 Å². The molecule has 0 bridgehead atoms. The van der Waals surface area contributed by atoms with E-state index < -0.39 is 0 Å². The summed E-state index contributed by atoms with van der Waals surface area (Å²) in [5.74, 6) is 1.88. The Bertz CT molecular complexity index is 2650. The van der Waals surface area contributed by atoms with Crippen LogP contribution in [0.1, 0.15) is 5.56 Å². The maximum absolute atomic E-state index is 9.77. The summed E-state index contributed by atoms with van der Waals surface area (Å²) >= 11 is 0.